The summed E-state index contributed by atoms with van der Waals surface area (Å²) >= 11 is 0. The summed E-state index contributed by atoms with van der Waals surface area (Å²) < 4.78 is 0. The minimum absolute atomic E-state index is 1.25. The average Bonchev–Trinajstić information content (AvgIpc) is 2.20. The second kappa shape index (κ2) is 5.85. The molecule has 0 amide bonds. The summed E-state index contributed by atoms with van der Waals surface area (Å²) in [6.45, 7) is 6.48. The van der Waals surface area contributed by atoms with Gasteiger partial charge in [-0.3, -0.25) is 0 Å². The first-order valence-electron chi connectivity index (χ1n) is 5.87. The van der Waals surface area contributed by atoms with Crippen LogP contribution >= 0.6 is 0 Å². The van der Waals surface area contributed by atoms with Crippen LogP contribution in [0.5, 0.6) is 0 Å². The number of aryl methyl sites for hydroxylation is 2. The predicted molar refractivity (Wildman–Crippen MR) is 63.8 cm³/mol. The van der Waals surface area contributed by atoms with Gasteiger partial charge in [0.1, 0.15) is 0 Å². The summed E-state index contributed by atoms with van der Waals surface area (Å²) in [6.07, 6.45) is 6.63. The number of benzene rings is 1. The molecule has 1 aromatic carbocycles. The second-order valence-corrected chi connectivity index (χ2v) is 4.13. The Morgan fingerprint density at radius 3 is 2.36 bits per heavy atom. The van der Waals surface area contributed by atoms with Gasteiger partial charge in [-0.15, -0.1) is 0 Å². The zero-order valence-electron chi connectivity index (χ0n) is 9.77. The number of fused-ring (bicyclic) bond motifs is 1. The normalized spacial score (nSPS) is 13.9. The van der Waals surface area contributed by atoms with E-state index in [0.29, 0.717) is 0 Å². The Balaban J connectivity index is 0.000000293. The molecule has 0 aromatic heterocycles. The zero-order valence-corrected chi connectivity index (χ0v) is 9.77. The van der Waals surface area contributed by atoms with Gasteiger partial charge in [-0.25, -0.2) is 0 Å². The van der Waals surface area contributed by atoms with E-state index in [4.69, 9.17) is 0 Å². The van der Waals surface area contributed by atoms with Gasteiger partial charge in [0.05, 0.1) is 0 Å². The van der Waals surface area contributed by atoms with E-state index in [1.165, 1.54) is 37.7 Å². The van der Waals surface area contributed by atoms with Crippen LogP contribution in [0.15, 0.2) is 18.2 Å². The van der Waals surface area contributed by atoms with Gasteiger partial charge in [-0.05, 0) is 49.3 Å². The van der Waals surface area contributed by atoms with Gasteiger partial charge in [0, 0.05) is 0 Å². The van der Waals surface area contributed by atoms with E-state index >= 15 is 0 Å². The van der Waals surface area contributed by atoms with Crippen LogP contribution in [-0.4, -0.2) is 0 Å². The predicted octanol–water partition coefficient (Wildman–Crippen LogP) is 4.29. The van der Waals surface area contributed by atoms with Crippen LogP contribution in [-0.2, 0) is 12.8 Å². The molecule has 0 fully saturated rings. The van der Waals surface area contributed by atoms with Crippen molar-refractivity contribution in [2.45, 2.75) is 52.9 Å². The summed E-state index contributed by atoms with van der Waals surface area (Å²) in [7, 11) is 0. The van der Waals surface area contributed by atoms with Crippen molar-refractivity contribution in [2.24, 2.45) is 0 Å². The zero-order chi connectivity index (χ0) is 10.4. The molecule has 14 heavy (non-hydrogen) atoms. The van der Waals surface area contributed by atoms with Crippen molar-refractivity contribution in [3.63, 3.8) is 0 Å². The third kappa shape index (κ3) is 2.87. The highest BCUT2D eigenvalue weighted by atomic mass is 14.1. The highest BCUT2D eigenvalue weighted by molar-refractivity contribution is 5.35. The van der Waals surface area contributed by atoms with Crippen LogP contribution in [0.25, 0.3) is 0 Å². The van der Waals surface area contributed by atoms with E-state index in [0.717, 1.165) is 0 Å². The van der Waals surface area contributed by atoms with Crippen LogP contribution in [0.2, 0.25) is 0 Å². The number of rotatable bonds is 0. The van der Waals surface area contributed by atoms with Gasteiger partial charge >= 0.3 is 0 Å². The summed E-state index contributed by atoms with van der Waals surface area (Å²) in [5, 5.41) is 0. The topological polar surface area (TPSA) is 0 Å². The van der Waals surface area contributed by atoms with Crippen molar-refractivity contribution >= 4 is 0 Å². The van der Waals surface area contributed by atoms with E-state index in [1.54, 1.807) is 11.1 Å². The third-order valence-corrected chi connectivity index (χ3v) is 2.63. The molecular weight excluding hydrogens is 168 g/mol. The first-order chi connectivity index (χ1) is 6.79. The fourth-order valence-electron chi connectivity index (χ4n) is 1.97. The lowest BCUT2D eigenvalue weighted by Crippen LogP contribution is -2.03. The van der Waals surface area contributed by atoms with Gasteiger partial charge in [-0.2, -0.15) is 0 Å². The van der Waals surface area contributed by atoms with E-state index in [2.05, 4.69) is 39.0 Å². The van der Waals surface area contributed by atoms with Crippen LogP contribution in [0, 0.1) is 6.92 Å². The Morgan fingerprint density at radius 2 is 1.71 bits per heavy atom. The molecule has 0 saturated heterocycles. The first kappa shape index (κ1) is 11.3. The maximum atomic E-state index is 2.28. The summed E-state index contributed by atoms with van der Waals surface area (Å²) in [4.78, 5) is 0. The molecule has 0 heterocycles. The van der Waals surface area contributed by atoms with Gasteiger partial charge in [0.25, 0.3) is 0 Å². The smallest absolute Gasteiger partial charge is 0.0273 e. The molecule has 78 valence electrons. The molecule has 0 aliphatic heterocycles. The lowest BCUT2D eigenvalue weighted by atomic mass is 9.89. The monoisotopic (exact) mass is 190 g/mol. The van der Waals surface area contributed by atoms with Gasteiger partial charge < -0.3 is 0 Å². The highest BCUT2D eigenvalue weighted by Gasteiger charge is 2.09. The Hall–Kier alpha value is -0.780. The van der Waals surface area contributed by atoms with Gasteiger partial charge in [-0.1, -0.05) is 38.5 Å². The fraction of sp³-hybridized carbons (Fsp3) is 0.571. The molecule has 0 saturated carbocycles. The minimum Gasteiger partial charge on any atom is -0.0656 e. The van der Waals surface area contributed by atoms with E-state index < -0.39 is 0 Å². The van der Waals surface area contributed by atoms with Crippen LogP contribution in [0.3, 0.4) is 0 Å². The number of hydrogen-bond donors (Lipinski definition) is 0. The molecule has 1 aliphatic carbocycles. The van der Waals surface area contributed by atoms with E-state index in [9.17, 15) is 0 Å². The largest absolute Gasteiger partial charge is 0.0656 e. The Bertz CT molecular complexity index is 273. The van der Waals surface area contributed by atoms with Crippen molar-refractivity contribution in [3.8, 4) is 0 Å². The third-order valence-electron chi connectivity index (χ3n) is 2.63. The molecule has 2 rings (SSSR count). The minimum atomic E-state index is 1.25. The molecule has 0 unspecified atom stereocenters. The molecule has 0 radical (unpaired) electrons. The maximum absolute atomic E-state index is 2.28. The Kier molecular flexibility index (Phi) is 4.72. The summed E-state index contributed by atoms with van der Waals surface area (Å²) in [6, 6.07) is 6.69. The second-order valence-electron chi connectivity index (χ2n) is 4.13. The maximum Gasteiger partial charge on any atom is -0.0273 e. The lowest BCUT2D eigenvalue weighted by Gasteiger charge is -2.17. The van der Waals surface area contributed by atoms with Crippen molar-refractivity contribution in [1.29, 1.82) is 0 Å². The summed E-state index contributed by atoms with van der Waals surface area (Å²) in [5.41, 5.74) is 4.71. The number of hydrogen-bond acceptors (Lipinski definition) is 0. The average molecular weight is 190 g/mol. The van der Waals surface area contributed by atoms with Crippen LogP contribution in [0.1, 0.15) is 49.8 Å². The van der Waals surface area contributed by atoms with Crippen molar-refractivity contribution < 1.29 is 0 Å². The van der Waals surface area contributed by atoms with Crippen molar-refractivity contribution in [2.75, 3.05) is 0 Å². The molecule has 1 aromatic rings. The standard InChI is InChI=1S/C11H14.C3H8/c1-9-5-4-7-10-6-2-3-8-11(9)10;1-3-2/h4-5,7H,2-3,6,8H2,1H3;3H2,1-2H3. The molecule has 0 N–H and O–H groups in total. The molecular formula is C14H22. The Labute approximate surface area is 88.4 Å². The van der Waals surface area contributed by atoms with Gasteiger partial charge in [0.15, 0.2) is 0 Å². The SMILES string of the molecule is CCC.Cc1cccc2c1CCCC2. The molecule has 0 nitrogen and oxygen atoms in total. The Morgan fingerprint density at radius 1 is 1.07 bits per heavy atom. The molecule has 0 atom stereocenters. The lowest BCUT2D eigenvalue weighted by molar-refractivity contribution is 0.682. The molecule has 1 aliphatic rings. The molecule has 0 spiro atoms. The van der Waals surface area contributed by atoms with Crippen molar-refractivity contribution in [1.82, 2.24) is 0 Å². The molecule has 0 heteroatoms. The van der Waals surface area contributed by atoms with E-state index in [-0.39, 0.29) is 0 Å². The fourth-order valence-corrected chi connectivity index (χ4v) is 1.97. The molecule has 0 bridgehead atoms. The van der Waals surface area contributed by atoms with Crippen LogP contribution < -0.4 is 0 Å². The quantitative estimate of drug-likeness (QED) is 0.572. The van der Waals surface area contributed by atoms with Crippen LogP contribution in [0.4, 0.5) is 0 Å². The van der Waals surface area contributed by atoms with E-state index in [1.807, 2.05) is 0 Å². The highest BCUT2D eigenvalue weighted by Crippen LogP contribution is 2.23. The summed E-state index contributed by atoms with van der Waals surface area (Å²) in [5.74, 6) is 0. The van der Waals surface area contributed by atoms with Gasteiger partial charge in [0.2, 0.25) is 0 Å². The van der Waals surface area contributed by atoms with Crippen molar-refractivity contribution in [3.05, 3.63) is 34.9 Å². The first-order valence-corrected chi connectivity index (χ1v) is 5.87.